The molecule has 2 aromatic carbocycles. The second-order valence-corrected chi connectivity index (χ2v) is 10.6. The van der Waals surface area contributed by atoms with Gasteiger partial charge < -0.3 is 20.1 Å². The largest absolute Gasteiger partial charge is 0.454 e. The van der Waals surface area contributed by atoms with Gasteiger partial charge in [-0.15, -0.1) is 0 Å². The average molecular weight is 507 g/mol. The molecule has 3 rings (SSSR count). The van der Waals surface area contributed by atoms with Gasteiger partial charge in [-0.25, -0.2) is 4.79 Å². The zero-order chi connectivity index (χ0) is 27.2. The molecule has 3 aromatic rings. The summed E-state index contributed by atoms with van der Waals surface area (Å²) in [4.78, 5) is 37.7. The van der Waals surface area contributed by atoms with E-state index < -0.39 is 23.0 Å². The molecular weight excluding hydrogens is 472 g/mol. The molecule has 37 heavy (non-hydrogen) atoms. The Morgan fingerprint density at radius 1 is 0.919 bits per heavy atom. The molecule has 0 spiro atoms. The van der Waals surface area contributed by atoms with Gasteiger partial charge in [-0.3, -0.25) is 9.59 Å². The Hall–Kier alpha value is -4.14. The number of hydrogen-bond donors (Lipinski definition) is 2. The number of carbonyl (C=O) groups is 3. The molecule has 9 nitrogen and oxygen atoms in total. The van der Waals surface area contributed by atoms with Crippen molar-refractivity contribution in [3.05, 3.63) is 72.6 Å². The number of amides is 2. The van der Waals surface area contributed by atoms with Crippen molar-refractivity contribution in [3.8, 4) is 11.5 Å². The van der Waals surface area contributed by atoms with Crippen molar-refractivity contribution in [2.75, 3.05) is 11.9 Å². The maximum absolute atomic E-state index is 13.2. The highest BCUT2D eigenvalue weighted by Gasteiger charge is 2.26. The summed E-state index contributed by atoms with van der Waals surface area (Å²) >= 11 is 0. The van der Waals surface area contributed by atoms with Gasteiger partial charge in [0, 0.05) is 17.6 Å². The first kappa shape index (κ1) is 27.4. The van der Waals surface area contributed by atoms with E-state index in [0.29, 0.717) is 17.2 Å². The van der Waals surface area contributed by atoms with Crippen molar-refractivity contribution in [1.29, 1.82) is 0 Å². The van der Waals surface area contributed by atoms with Gasteiger partial charge in [0.15, 0.2) is 5.75 Å². The lowest BCUT2D eigenvalue weighted by atomic mass is 9.94. The highest BCUT2D eigenvalue weighted by atomic mass is 16.6. The smallest absolute Gasteiger partial charge is 0.435 e. The number of ether oxygens (including phenoxy) is 2. The molecule has 9 heteroatoms. The first-order valence-electron chi connectivity index (χ1n) is 12.0. The summed E-state index contributed by atoms with van der Waals surface area (Å²) in [7, 11) is 0. The van der Waals surface area contributed by atoms with Gasteiger partial charge in [-0.05, 0) is 50.6 Å². The van der Waals surface area contributed by atoms with Crippen LogP contribution in [0.15, 0.2) is 67.0 Å². The van der Waals surface area contributed by atoms with E-state index in [1.807, 2.05) is 51.1 Å². The van der Waals surface area contributed by atoms with Crippen molar-refractivity contribution >= 4 is 23.6 Å². The quantitative estimate of drug-likeness (QED) is 0.447. The van der Waals surface area contributed by atoms with Crippen molar-refractivity contribution in [2.45, 2.75) is 53.1 Å². The minimum Gasteiger partial charge on any atom is -0.454 e. The van der Waals surface area contributed by atoms with Crippen LogP contribution in [0.25, 0.3) is 0 Å². The minimum atomic E-state index is -0.637. The van der Waals surface area contributed by atoms with Crippen molar-refractivity contribution in [3.63, 3.8) is 0 Å². The lowest BCUT2D eigenvalue weighted by Gasteiger charge is -2.22. The van der Waals surface area contributed by atoms with Gasteiger partial charge in [0.05, 0.1) is 18.3 Å². The Bertz CT molecular complexity index is 1220. The van der Waals surface area contributed by atoms with Crippen molar-refractivity contribution < 1.29 is 23.9 Å². The van der Waals surface area contributed by atoms with Crippen LogP contribution >= 0.6 is 0 Å². The summed E-state index contributed by atoms with van der Waals surface area (Å²) in [5, 5.41) is 9.77. The number of nitrogens with one attached hydrogen (secondary N) is 2. The highest BCUT2D eigenvalue weighted by Crippen LogP contribution is 2.24. The number of anilines is 1. The number of benzene rings is 2. The fraction of sp³-hybridized carbons (Fsp3) is 0.357. The first-order valence-corrected chi connectivity index (χ1v) is 12.0. The second-order valence-electron chi connectivity index (χ2n) is 10.6. The summed E-state index contributed by atoms with van der Waals surface area (Å²) in [6.45, 7) is 11.0. The van der Waals surface area contributed by atoms with Crippen LogP contribution in [0.5, 0.6) is 11.5 Å². The van der Waals surface area contributed by atoms with E-state index in [1.54, 1.807) is 45.0 Å². The van der Waals surface area contributed by atoms with E-state index in [0.717, 1.165) is 10.2 Å². The van der Waals surface area contributed by atoms with E-state index in [1.165, 1.54) is 12.4 Å². The molecule has 196 valence electrons. The van der Waals surface area contributed by atoms with Gasteiger partial charge in [-0.1, -0.05) is 51.1 Å². The predicted molar refractivity (Wildman–Crippen MR) is 141 cm³/mol. The molecule has 0 aliphatic carbocycles. The zero-order valence-electron chi connectivity index (χ0n) is 22.1. The number of nitrogens with zero attached hydrogens (tertiary/aromatic N) is 2. The van der Waals surface area contributed by atoms with Gasteiger partial charge in [0.1, 0.15) is 11.4 Å². The van der Waals surface area contributed by atoms with Crippen LogP contribution < -0.4 is 15.4 Å². The maximum Gasteiger partial charge on any atom is 0.435 e. The standard InChI is InChI=1S/C28H34N4O5/c1-27(2,3)25(34)29-17-23(19-10-8-7-9-11-19)24(33)31-20-12-14-21(15-13-20)36-22-16-30-32(18-22)26(35)37-28(4,5)6/h7-16,18,23H,17H2,1-6H3,(H,29,34)(H,31,33). The molecule has 0 saturated carbocycles. The molecule has 0 aliphatic heterocycles. The summed E-state index contributed by atoms with van der Waals surface area (Å²) in [6, 6.07) is 16.1. The van der Waals surface area contributed by atoms with Crippen LogP contribution in [0.1, 0.15) is 53.0 Å². The second kappa shape index (κ2) is 11.3. The van der Waals surface area contributed by atoms with Crippen LogP contribution in [0.3, 0.4) is 0 Å². The van der Waals surface area contributed by atoms with Gasteiger partial charge in [0.2, 0.25) is 11.8 Å². The summed E-state index contributed by atoms with van der Waals surface area (Å²) in [5.41, 5.74) is 0.180. The van der Waals surface area contributed by atoms with Crippen molar-refractivity contribution in [2.24, 2.45) is 5.41 Å². The number of hydrogen-bond acceptors (Lipinski definition) is 6. The summed E-state index contributed by atoms with van der Waals surface area (Å²) < 4.78 is 12.1. The minimum absolute atomic E-state index is 0.127. The molecule has 0 aliphatic rings. The highest BCUT2D eigenvalue weighted by molar-refractivity contribution is 5.96. The van der Waals surface area contributed by atoms with E-state index >= 15 is 0 Å². The van der Waals surface area contributed by atoms with E-state index in [2.05, 4.69) is 15.7 Å². The first-order chi connectivity index (χ1) is 17.3. The molecular formula is C28H34N4O5. The SMILES string of the molecule is CC(C)(C)OC(=O)n1cc(Oc2ccc(NC(=O)C(CNC(=O)C(C)(C)C)c3ccccc3)cc2)cn1. The fourth-order valence-electron chi connectivity index (χ4n) is 3.25. The predicted octanol–water partition coefficient (Wildman–Crippen LogP) is 5.34. The molecule has 0 bridgehead atoms. The molecule has 1 aromatic heterocycles. The number of aromatic nitrogens is 2. The average Bonchev–Trinajstić information content (AvgIpc) is 3.28. The van der Waals surface area contributed by atoms with Crippen LogP contribution in [-0.2, 0) is 14.3 Å². The van der Waals surface area contributed by atoms with E-state index in [-0.39, 0.29) is 18.4 Å². The summed E-state index contributed by atoms with van der Waals surface area (Å²) in [5.74, 6) is -0.0762. The Labute approximate surface area is 217 Å². The normalized spacial score (nSPS) is 12.4. The monoisotopic (exact) mass is 506 g/mol. The zero-order valence-corrected chi connectivity index (χ0v) is 22.1. The lowest BCUT2D eigenvalue weighted by molar-refractivity contribution is -0.128. The maximum atomic E-state index is 13.2. The fourth-order valence-corrected chi connectivity index (χ4v) is 3.25. The molecule has 2 amide bonds. The van der Waals surface area contributed by atoms with Crippen LogP contribution in [0.4, 0.5) is 10.5 Å². The molecule has 2 N–H and O–H groups in total. The topological polar surface area (TPSA) is 112 Å². The number of carbonyl (C=O) groups excluding carboxylic acids is 3. The van der Waals surface area contributed by atoms with Gasteiger partial charge >= 0.3 is 6.09 Å². The molecule has 0 radical (unpaired) electrons. The summed E-state index contributed by atoms with van der Waals surface area (Å²) in [6.07, 6.45) is 2.24. The molecule has 1 atom stereocenters. The van der Waals surface area contributed by atoms with Gasteiger partial charge in [-0.2, -0.15) is 9.78 Å². The van der Waals surface area contributed by atoms with Crippen LogP contribution in [0.2, 0.25) is 0 Å². The molecule has 1 heterocycles. The Morgan fingerprint density at radius 3 is 2.16 bits per heavy atom. The molecule has 1 unspecified atom stereocenters. The third-order valence-electron chi connectivity index (χ3n) is 5.16. The number of rotatable bonds is 7. The third kappa shape index (κ3) is 8.20. The van der Waals surface area contributed by atoms with Crippen molar-refractivity contribution in [1.82, 2.24) is 15.1 Å². The third-order valence-corrected chi connectivity index (χ3v) is 5.16. The van der Waals surface area contributed by atoms with Gasteiger partial charge in [0.25, 0.3) is 0 Å². The molecule has 0 saturated heterocycles. The Morgan fingerprint density at radius 2 is 1.57 bits per heavy atom. The van der Waals surface area contributed by atoms with Crippen LogP contribution in [0, 0.1) is 5.41 Å². The lowest BCUT2D eigenvalue weighted by Crippen LogP contribution is -2.39. The van der Waals surface area contributed by atoms with E-state index in [4.69, 9.17) is 9.47 Å². The Balaban J connectivity index is 1.65. The Kier molecular flexibility index (Phi) is 8.37. The van der Waals surface area contributed by atoms with Crippen LogP contribution in [-0.4, -0.2) is 39.8 Å². The van der Waals surface area contributed by atoms with E-state index in [9.17, 15) is 14.4 Å². The molecule has 0 fully saturated rings.